The fourth-order valence-electron chi connectivity index (χ4n) is 0.819. The van der Waals surface area contributed by atoms with Crippen molar-refractivity contribution >= 4 is 44.4 Å². The van der Waals surface area contributed by atoms with Gasteiger partial charge in [-0.05, 0) is 27.4 Å². The Morgan fingerprint density at radius 1 is 1.50 bits per heavy atom. The monoisotopic (exact) mass is 260 g/mol. The van der Waals surface area contributed by atoms with Gasteiger partial charge >= 0.3 is 0 Å². The lowest BCUT2D eigenvalue weighted by Crippen LogP contribution is -1.83. The van der Waals surface area contributed by atoms with Gasteiger partial charge in [-0.1, -0.05) is 6.07 Å². The van der Waals surface area contributed by atoms with Crippen LogP contribution < -0.4 is 5.73 Å². The molecule has 2 nitrogen and oxygen atoms in total. The molecule has 0 unspecified atom stereocenters. The highest BCUT2D eigenvalue weighted by Crippen LogP contribution is 2.35. The Balaban J connectivity index is 2.48. The summed E-state index contributed by atoms with van der Waals surface area (Å²) in [6, 6.07) is 4.04. The minimum Gasteiger partial charge on any atom is -0.382 e. The summed E-state index contributed by atoms with van der Waals surface area (Å²) >= 11 is 6.57. The predicted molar refractivity (Wildman–Crippen MR) is 57.5 cm³/mol. The van der Waals surface area contributed by atoms with Crippen molar-refractivity contribution in [1.29, 1.82) is 0 Å². The molecule has 0 amide bonds. The molecule has 0 aliphatic rings. The molecule has 0 aliphatic carbocycles. The van der Waals surface area contributed by atoms with Crippen LogP contribution in [0.3, 0.4) is 0 Å². The van der Waals surface area contributed by atoms with Crippen molar-refractivity contribution in [2.75, 3.05) is 5.73 Å². The lowest BCUT2D eigenvalue weighted by molar-refractivity contribution is 1.42. The van der Waals surface area contributed by atoms with Crippen molar-refractivity contribution < 1.29 is 0 Å². The summed E-state index contributed by atoms with van der Waals surface area (Å²) < 4.78 is 0.908. The number of nitrogens with zero attached hydrogens (tertiary/aromatic N) is 1. The maximum Gasteiger partial charge on any atom is 0.149 e. The van der Waals surface area contributed by atoms with Crippen LogP contribution in [0.2, 0.25) is 0 Å². The Bertz CT molecular complexity index is 361. The number of halogens is 1. The first-order valence-electron chi connectivity index (χ1n) is 3.23. The van der Waals surface area contributed by atoms with Crippen LogP contribution in [-0.4, -0.2) is 4.98 Å². The molecule has 62 valence electrons. The summed E-state index contributed by atoms with van der Waals surface area (Å²) in [7, 11) is 0. The first kappa shape index (κ1) is 8.22. The number of anilines is 1. The van der Waals surface area contributed by atoms with Gasteiger partial charge in [0.05, 0.1) is 4.88 Å². The van der Waals surface area contributed by atoms with Crippen molar-refractivity contribution in [3.63, 3.8) is 0 Å². The fourth-order valence-corrected chi connectivity index (χ4v) is 2.88. The largest absolute Gasteiger partial charge is 0.382 e. The summed E-state index contributed by atoms with van der Waals surface area (Å²) in [6.07, 6.45) is 0. The molecule has 12 heavy (non-hydrogen) atoms. The quantitative estimate of drug-likeness (QED) is 0.856. The van der Waals surface area contributed by atoms with Gasteiger partial charge in [-0.3, -0.25) is 0 Å². The molecule has 5 heteroatoms. The molecule has 0 spiro atoms. The van der Waals surface area contributed by atoms with Crippen LogP contribution in [-0.2, 0) is 0 Å². The van der Waals surface area contributed by atoms with Gasteiger partial charge in [-0.25, -0.2) is 4.98 Å². The number of thiophene rings is 1. The molecule has 0 fully saturated rings. The van der Waals surface area contributed by atoms with Crippen LogP contribution in [0.1, 0.15) is 0 Å². The maximum atomic E-state index is 5.60. The summed E-state index contributed by atoms with van der Waals surface area (Å²) in [5.41, 5.74) is 5.60. The molecule has 0 aliphatic heterocycles. The topological polar surface area (TPSA) is 38.9 Å². The van der Waals surface area contributed by atoms with Gasteiger partial charge in [-0.2, -0.15) is 0 Å². The number of hydrogen-bond donors (Lipinski definition) is 1. The molecule has 0 aromatic carbocycles. The second kappa shape index (κ2) is 3.16. The Labute approximate surface area is 86.2 Å². The second-order valence-electron chi connectivity index (χ2n) is 2.16. The van der Waals surface area contributed by atoms with E-state index in [9.17, 15) is 0 Å². The van der Waals surface area contributed by atoms with Crippen LogP contribution in [0, 0.1) is 0 Å². The highest BCUT2D eigenvalue weighted by atomic mass is 79.9. The molecule has 0 atom stereocenters. The van der Waals surface area contributed by atoms with E-state index in [0.29, 0.717) is 5.82 Å². The number of nitrogens with two attached hydrogens (primary N) is 1. The third-order valence-electron chi connectivity index (χ3n) is 1.34. The molecule has 2 aromatic rings. The van der Waals surface area contributed by atoms with Crippen molar-refractivity contribution in [2.24, 2.45) is 0 Å². The van der Waals surface area contributed by atoms with Gasteiger partial charge in [-0.15, -0.1) is 22.7 Å². The first-order chi connectivity index (χ1) is 5.77. The third kappa shape index (κ3) is 1.39. The summed E-state index contributed by atoms with van der Waals surface area (Å²) in [5, 5.41) is 3.01. The highest BCUT2D eigenvalue weighted by molar-refractivity contribution is 9.11. The fraction of sp³-hybridized carbons (Fsp3) is 0. The van der Waals surface area contributed by atoms with Crippen molar-refractivity contribution in [3.8, 4) is 9.88 Å². The standard InChI is InChI=1S/C7H5BrN2S2/c8-5-6(9)10-7(12-5)4-2-1-3-11-4/h1-3H,9H2. The molecular weight excluding hydrogens is 256 g/mol. The Kier molecular flexibility index (Phi) is 2.16. The Hall–Kier alpha value is -0.390. The van der Waals surface area contributed by atoms with E-state index in [4.69, 9.17) is 5.73 Å². The zero-order valence-electron chi connectivity index (χ0n) is 5.95. The molecule has 0 bridgehead atoms. The minimum atomic E-state index is 0.573. The number of hydrogen-bond acceptors (Lipinski definition) is 4. The minimum absolute atomic E-state index is 0.573. The molecule has 2 aromatic heterocycles. The summed E-state index contributed by atoms with van der Waals surface area (Å²) in [6.45, 7) is 0. The number of nitrogen functional groups attached to an aromatic ring is 1. The predicted octanol–water partition coefficient (Wildman–Crippen LogP) is 3.22. The molecule has 0 saturated carbocycles. The molecule has 0 radical (unpaired) electrons. The molecule has 2 N–H and O–H groups in total. The van der Waals surface area contributed by atoms with Crippen LogP contribution in [0.5, 0.6) is 0 Å². The van der Waals surface area contributed by atoms with E-state index in [1.807, 2.05) is 17.5 Å². The molecular formula is C7H5BrN2S2. The van der Waals surface area contributed by atoms with Crippen LogP contribution in [0.25, 0.3) is 9.88 Å². The SMILES string of the molecule is Nc1nc(-c2cccs2)sc1Br. The van der Waals surface area contributed by atoms with Gasteiger partial charge in [0.2, 0.25) is 0 Å². The number of rotatable bonds is 1. The van der Waals surface area contributed by atoms with Crippen LogP contribution >= 0.6 is 38.6 Å². The summed E-state index contributed by atoms with van der Waals surface area (Å²) in [4.78, 5) is 5.38. The Morgan fingerprint density at radius 3 is 2.83 bits per heavy atom. The van der Waals surface area contributed by atoms with Gasteiger partial charge in [0, 0.05) is 0 Å². The smallest absolute Gasteiger partial charge is 0.149 e. The van der Waals surface area contributed by atoms with Gasteiger partial charge in [0.15, 0.2) is 0 Å². The second-order valence-corrected chi connectivity index (χ2v) is 5.42. The van der Waals surface area contributed by atoms with E-state index in [0.717, 1.165) is 13.7 Å². The molecule has 2 rings (SSSR count). The highest BCUT2D eigenvalue weighted by Gasteiger charge is 2.07. The van der Waals surface area contributed by atoms with E-state index < -0.39 is 0 Å². The lowest BCUT2D eigenvalue weighted by Gasteiger charge is -1.84. The molecule has 2 heterocycles. The van der Waals surface area contributed by atoms with Gasteiger partial charge in [0.1, 0.15) is 14.6 Å². The van der Waals surface area contributed by atoms with E-state index in [2.05, 4.69) is 20.9 Å². The zero-order chi connectivity index (χ0) is 8.55. The normalized spacial score (nSPS) is 10.4. The van der Waals surface area contributed by atoms with Crippen molar-refractivity contribution in [3.05, 3.63) is 21.3 Å². The average molecular weight is 261 g/mol. The van der Waals surface area contributed by atoms with Crippen molar-refractivity contribution in [1.82, 2.24) is 4.98 Å². The van der Waals surface area contributed by atoms with E-state index >= 15 is 0 Å². The number of thiazole rings is 1. The maximum absolute atomic E-state index is 5.60. The average Bonchev–Trinajstić information content (AvgIpc) is 2.61. The zero-order valence-corrected chi connectivity index (χ0v) is 9.17. The molecule has 0 saturated heterocycles. The third-order valence-corrected chi connectivity index (χ3v) is 4.13. The van der Waals surface area contributed by atoms with Crippen LogP contribution in [0.4, 0.5) is 5.82 Å². The van der Waals surface area contributed by atoms with Gasteiger partial charge in [0.25, 0.3) is 0 Å². The Morgan fingerprint density at radius 2 is 2.33 bits per heavy atom. The van der Waals surface area contributed by atoms with Crippen LogP contribution in [0.15, 0.2) is 21.3 Å². The van der Waals surface area contributed by atoms with Crippen molar-refractivity contribution in [2.45, 2.75) is 0 Å². The van der Waals surface area contributed by atoms with E-state index in [1.165, 1.54) is 0 Å². The first-order valence-corrected chi connectivity index (χ1v) is 5.72. The van der Waals surface area contributed by atoms with Gasteiger partial charge < -0.3 is 5.73 Å². The van der Waals surface area contributed by atoms with E-state index in [-0.39, 0.29) is 0 Å². The number of aromatic nitrogens is 1. The van der Waals surface area contributed by atoms with E-state index in [1.54, 1.807) is 22.7 Å². The lowest BCUT2D eigenvalue weighted by atomic mass is 10.5. The summed E-state index contributed by atoms with van der Waals surface area (Å²) in [5.74, 6) is 0.573.